The largest absolute Gasteiger partial charge is 0.330 e. The molecule has 0 bridgehead atoms. The molecule has 0 atom stereocenters. The standard InChI is InChI=1S/C13H23N3O2/c14-8-4-10-16(11-17)13(18)15-9-7-12-5-2-1-3-6-12/h7,9,11-12H,1-6,8,10,14H2,(H,15,18)/b9-7+. The minimum atomic E-state index is -0.384. The van der Waals surface area contributed by atoms with Crippen molar-refractivity contribution in [2.75, 3.05) is 13.1 Å². The molecular weight excluding hydrogens is 230 g/mol. The molecule has 0 aromatic heterocycles. The molecule has 0 unspecified atom stereocenters. The summed E-state index contributed by atoms with van der Waals surface area (Å²) < 4.78 is 0. The Labute approximate surface area is 108 Å². The van der Waals surface area contributed by atoms with Crippen molar-refractivity contribution in [3.05, 3.63) is 12.3 Å². The molecule has 0 aliphatic heterocycles. The van der Waals surface area contributed by atoms with Gasteiger partial charge in [-0.05, 0) is 31.7 Å². The molecule has 1 rings (SSSR count). The van der Waals surface area contributed by atoms with Gasteiger partial charge in [0, 0.05) is 12.7 Å². The van der Waals surface area contributed by atoms with Crippen LogP contribution < -0.4 is 11.1 Å². The van der Waals surface area contributed by atoms with Gasteiger partial charge in [-0.2, -0.15) is 0 Å². The molecule has 3 N–H and O–H groups in total. The van der Waals surface area contributed by atoms with Gasteiger partial charge in [-0.3, -0.25) is 9.69 Å². The number of urea groups is 1. The maximum atomic E-state index is 11.6. The van der Waals surface area contributed by atoms with Crippen LogP contribution in [-0.2, 0) is 4.79 Å². The van der Waals surface area contributed by atoms with Crippen LogP contribution in [0.3, 0.4) is 0 Å². The van der Waals surface area contributed by atoms with E-state index in [0.717, 1.165) is 4.90 Å². The van der Waals surface area contributed by atoms with Crippen LogP contribution in [0, 0.1) is 5.92 Å². The summed E-state index contributed by atoms with van der Waals surface area (Å²) >= 11 is 0. The van der Waals surface area contributed by atoms with Crippen molar-refractivity contribution < 1.29 is 9.59 Å². The molecule has 0 saturated heterocycles. The fourth-order valence-electron chi connectivity index (χ4n) is 2.13. The molecule has 5 heteroatoms. The SMILES string of the molecule is NCCCN(C=O)C(=O)N/C=C/C1CCCCC1. The van der Waals surface area contributed by atoms with Crippen LogP contribution in [0.15, 0.2) is 12.3 Å². The first-order valence-electron chi connectivity index (χ1n) is 6.67. The minimum Gasteiger partial charge on any atom is -0.330 e. The second kappa shape index (κ2) is 8.69. The number of allylic oxidation sites excluding steroid dienone is 1. The molecule has 0 aromatic carbocycles. The Morgan fingerprint density at radius 3 is 2.67 bits per heavy atom. The zero-order valence-corrected chi connectivity index (χ0v) is 10.8. The number of nitrogens with zero attached hydrogens (tertiary/aromatic N) is 1. The molecule has 0 heterocycles. The van der Waals surface area contributed by atoms with Crippen LogP contribution in [-0.4, -0.2) is 30.4 Å². The van der Waals surface area contributed by atoms with E-state index in [4.69, 9.17) is 5.73 Å². The summed E-state index contributed by atoms with van der Waals surface area (Å²) in [5, 5.41) is 2.62. The molecule has 5 nitrogen and oxygen atoms in total. The van der Waals surface area contributed by atoms with E-state index >= 15 is 0 Å². The highest BCUT2D eigenvalue weighted by molar-refractivity contribution is 5.85. The Morgan fingerprint density at radius 1 is 1.33 bits per heavy atom. The van der Waals surface area contributed by atoms with Gasteiger partial charge in [0.2, 0.25) is 6.41 Å². The van der Waals surface area contributed by atoms with E-state index in [9.17, 15) is 9.59 Å². The Kier molecular flexibility index (Phi) is 7.10. The fourth-order valence-corrected chi connectivity index (χ4v) is 2.13. The molecule has 0 spiro atoms. The lowest BCUT2D eigenvalue weighted by atomic mass is 9.89. The van der Waals surface area contributed by atoms with Crippen LogP contribution in [0.5, 0.6) is 0 Å². The minimum absolute atomic E-state index is 0.364. The Bertz CT molecular complexity index is 286. The Balaban J connectivity index is 2.29. The number of amides is 3. The van der Waals surface area contributed by atoms with Crippen molar-refractivity contribution in [3.63, 3.8) is 0 Å². The number of carbonyl (C=O) groups excluding carboxylic acids is 2. The van der Waals surface area contributed by atoms with Gasteiger partial charge in [-0.15, -0.1) is 0 Å². The summed E-state index contributed by atoms with van der Waals surface area (Å²) in [5.41, 5.74) is 5.34. The Morgan fingerprint density at radius 2 is 2.06 bits per heavy atom. The van der Waals surface area contributed by atoms with Gasteiger partial charge in [-0.1, -0.05) is 25.3 Å². The van der Waals surface area contributed by atoms with Crippen LogP contribution in [0.4, 0.5) is 4.79 Å². The molecule has 0 radical (unpaired) electrons. The maximum Gasteiger partial charge on any atom is 0.327 e. The smallest absolute Gasteiger partial charge is 0.327 e. The van der Waals surface area contributed by atoms with E-state index in [1.165, 1.54) is 32.1 Å². The van der Waals surface area contributed by atoms with Gasteiger partial charge in [0.05, 0.1) is 0 Å². The highest BCUT2D eigenvalue weighted by Gasteiger charge is 2.11. The predicted octanol–water partition coefficient (Wildman–Crippen LogP) is 1.60. The van der Waals surface area contributed by atoms with Crippen molar-refractivity contribution in [2.24, 2.45) is 11.7 Å². The molecule has 1 saturated carbocycles. The van der Waals surface area contributed by atoms with E-state index in [0.29, 0.717) is 31.8 Å². The summed E-state index contributed by atoms with van der Waals surface area (Å²) in [6.45, 7) is 0.832. The third kappa shape index (κ3) is 5.31. The highest BCUT2D eigenvalue weighted by atomic mass is 16.2. The van der Waals surface area contributed by atoms with E-state index in [-0.39, 0.29) is 6.03 Å². The maximum absolute atomic E-state index is 11.6. The van der Waals surface area contributed by atoms with Crippen LogP contribution >= 0.6 is 0 Å². The van der Waals surface area contributed by atoms with Crippen LogP contribution in [0.25, 0.3) is 0 Å². The average molecular weight is 253 g/mol. The number of nitrogens with two attached hydrogens (primary N) is 1. The van der Waals surface area contributed by atoms with Gasteiger partial charge < -0.3 is 11.1 Å². The number of hydrogen-bond donors (Lipinski definition) is 2. The van der Waals surface area contributed by atoms with Gasteiger partial charge in [0.15, 0.2) is 0 Å². The van der Waals surface area contributed by atoms with Crippen molar-refractivity contribution in [1.29, 1.82) is 0 Å². The second-order valence-corrected chi connectivity index (χ2v) is 4.65. The molecule has 1 fully saturated rings. The lowest BCUT2D eigenvalue weighted by Crippen LogP contribution is -2.37. The molecular formula is C13H23N3O2. The lowest BCUT2D eigenvalue weighted by Gasteiger charge is -2.18. The van der Waals surface area contributed by atoms with E-state index in [2.05, 4.69) is 5.32 Å². The first-order valence-corrected chi connectivity index (χ1v) is 6.67. The Hall–Kier alpha value is -1.36. The quantitative estimate of drug-likeness (QED) is 0.706. The van der Waals surface area contributed by atoms with Crippen molar-refractivity contribution in [2.45, 2.75) is 38.5 Å². The number of hydrogen-bond acceptors (Lipinski definition) is 3. The predicted molar refractivity (Wildman–Crippen MR) is 70.7 cm³/mol. The first-order chi connectivity index (χ1) is 8.77. The molecule has 3 amide bonds. The molecule has 1 aliphatic rings. The number of rotatable bonds is 6. The fraction of sp³-hybridized carbons (Fsp3) is 0.692. The highest BCUT2D eigenvalue weighted by Crippen LogP contribution is 2.24. The lowest BCUT2D eigenvalue weighted by molar-refractivity contribution is -0.115. The summed E-state index contributed by atoms with van der Waals surface area (Å²) in [5.74, 6) is 0.563. The molecule has 1 aliphatic carbocycles. The first kappa shape index (κ1) is 14.7. The summed E-state index contributed by atoms with van der Waals surface area (Å²) in [6, 6.07) is -0.384. The zero-order valence-electron chi connectivity index (χ0n) is 10.8. The van der Waals surface area contributed by atoms with Gasteiger partial charge in [-0.25, -0.2) is 4.79 Å². The third-order valence-corrected chi connectivity index (χ3v) is 3.22. The topological polar surface area (TPSA) is 75.4 Å². The molecule has 0 aromatic rings. The molecule has 18 heavy (non-hydrogen) atoms. The number of carbonyl (C=O) groups is 2. The van der Waals surface area contributed by atoms with Crippen LogP contribution in [0.2, 0.25) is 0 Å². The van der Waals surface area contributed by atoms with Crippen molar-refractivity contribution in [1.82, 2.24) is 10.2 Å². The van der Waals surface area contributed by atoms with Crippen molar-refractivity contribution >= 4 is 12.4 Å². The summed E-state index contributed by atoms with van der Waals surface area (Å²) in [6.07, 6.45) is 11.1. The summed E-state index contributed by atoms with van der Waals surface area (Å²) in [7, 11) is 0. The summed E-state index contributed by atoms with van der Waals surface area (Å²) in [4.78, 5) is 23.4. The monoisotopic (exact) mass is 253 g/mol. The second-order valence-electron chi connectivity index (χ2n) is 4.65. The average Bonchev–Trinajstić information content (AvgIpc) is 2.41. The number of nitrogens with one attached hydrogen (secondary N) is 1. The normalized spacial score (nSPS) is 16.7. The number of imide groups is 1. The van der Waals surface area contributed by atoms with Gasteiger partial charge in [0.1, 0.15) is 0 Å². The van der Waals surface area contributed by atoms with E-state index in [1.807, 2.05) is 6.08 Å². The van der Waals surface area contributed by atoms with Gasteiger partial charge >= 0.3 is 6.03 Å². The van der Waals surface area contributed by atoms with Gasteiger partial charge in [0.25, 0.3) is 0 Å². The third-order valence-electron chi connectivity index (χ3n) is 3.22. The van der Waals surface area contributed by atoms with E-state index in [1.54, 1.807) is 6.20 Å². The van der Waals surface area contributed by atoms with Crippen LogP contribution in [0.1, 0.15) is 38.5 Å². The van der Waals surface area contributed by atoms with Crippen molar-refractivity contribution in [3.8, 4) is 0 Å². The van der Waals surface area contributed by atoms with E-state index < -0.39 is 0 Å². The zero-order chi connectivity index (χ0) is 13.2. The molecule has 102 valence electrons.